The van der Waals surface area contributed by atoms with Crippen molar-refractivity contribution in [1.82, 2.24) is 34.8 Å². The van der Waals surface area contributed by atoms with Gasteiger partial charge in [0.05, 0.1) is 23.3 Å². The Bertz CT molecular complexity index is 1780. The van der Waals surface area contributed by atoms with Crippen molar-refractivity contribution >= 4 is 23.4 Å². The van der Waals surface area contributed by atoms with Crippen molar-refractivity contribution < 1.29 is 14.4 Å². The smallest absolute Gasteiger partial charge is 0.268 e. The normalized spacial score (nSPS) is 17.4. The number of rotatable bonds is 9. The Morgan fingerprint density at radius 2 is 1.62 bits per heavy atom. The van der Waals surface area contributed by atoms with Crippen LogP contribution >= 0.6 is 0 Å². The van der Waals surface area contributed by atoms with Gasteiger partial charge in [-0.3, -0.25) is 24.0 Å². The van der Waals surface area contributed by atoms with Gasteiger partial charge in [-0.2, -0.15) is 5.10 Å². The Morgan fingerprint density at radius 3 is 2.31 bits per heavy atom. The highest BCUT2D eigenvalue weighted by atomic mass is 16.2. The van der Waals surface area contributed by atoms with Crippen LogP contribution in [0.25, 0.3) is 0 Å². The largest absolute Gasteiger partial charge is 0.347 e. The zero-order valence-electron chi connectivity index (χ0n) is 27.7. The van der Waals surface area contributed by atoms with Gasteiger partial charge < -0.3 is 25.4 Å². The number of anilines is 1. The van der Waals surface area contributed by atoms with Gasteiger partial charge in [-0.15, -0.1) is 0 Å². The monoisotopic (exact) mass is 648 g/mol. The Kier molecular flexibility index (Phi) is 8.89. The summed E-state index contributed by atoms with van der Waals surface area (Å²) >= 11 is 0. The van der Waals surface area contributed by atoms with Crippen LogP contribution in [-0.4, -0.2) is 75.6 Å². The van der Waals surface area contributed by atoms with E-state index in [-0.39, 0.29) is 23.3 Å². The van der Waals surface area contributed by atoms with Crippen LogP contribution in [0.4, 0.5) is 5.69 Å². The lowest BCUT2D eigenvalue weighted by Crippen LogP contribution is -2.56. The number of fused-ring (bicyclic) bond motifs is 2. The van der Waals surface area contributed by atoms with E-state index >= 15 is 0 Å². The highest BCUT2D eigenvalue weighted by molar-refractivity contribution is 6.04. The molecule has 2 aliphatic heterocycles. The lowest BCUT2D eigenvalue weighted by atomic mass is 9.71. The second kappa shape index (κ2) is 13.4. The maximum atomic E-state index is 13.4. The first-order chi connectivity index (χ1) is 23.3. The van der Waals surface area contributed by atoms with Gasteiger partial charge in [-0.25, -0.2) is 0 Å². The summed E-state index contributed by atoms with van der Waals surface area (Å²) in [7, 11) is 3.53. The number of hydrogen-bond donors (Lipinski definition) is 3. The van der Waals surface area contributed by atoms with Crippen molar-refractivity contribution in [3.05, 3.63) is 107 Å². The van der Waals surface area contributed by atoms with E-state index in [1.807, 2.05) is 53.3 Å². The molecule has 1 saturated heterocycles. The summed E-state index contributed by atoms with van der Waals surface area (Å²) in [4.78, 5) is 42.7. The van der Waals surface area contributed by atoms with E-state index in [4.69, 9.17) is 0 Å². The Labute approximate surface area is 281 Å². The number of nitrogens with one attached hydrogen (secondary N) is 3. The highest BCUT2D eigenvalue weighted by Crippen LogP contribution is 2.49. The quantitative estimate of drug-likeness (QED) is 0.248. The number of carbonyl (C=O) groups excluding carboxylic acids is 3. The van der Waals surface area contributed by atoms with Crippen molar-refractivity contribution in [3.63, 3.8) is 0 Å². The average Bonchev–Trinajstić information content (AvgIpc) is 3.76. The van der Waals surface area contributed by atoms with Gasteiger partial charge in [0.1, 0.15) is 5.69 Å². The van der Waals surface area contributed by atoms with Crippen molar-refractivity contribution in [2.45, 2.75) is 63.3 Å². The van der Waals surface area contributed by atoms with E-state index in [1.54, 1.807) is 25.2 Å². The molecule has 3 aliphatic rings. The van der Waals surface area contributed by atoms with Crippen molar-refractivity contribution in [2.75, 3.05) is 39.0 Å². The first-order valence-corrected chi connectivity index (χ1v) is 17.0. The molecule has 0 atom stereocenters. The summed E-state index contributed by atoms with van der Waals surface area (Å²) in [5.41, 5.74) is 5.90. The van der Waals surface area contributed by atoms with Crippen LogP contribution in [0.5, 0.6) is 0 Å². The van der Waals surface area contributed by atoms with E-state index in [1.165, 1.54) is 11.3 Å². The van der Waals surface area contributed by atoms with Gasteiger partial charge in [0.2, 0.25) is 0 Å². The Balaban J connectivity index is 0.948. The number of carbonyl (C=O) groups is 3. The van der Waals surface area contributed by atoms with E-state index in [0.29, 0.717) is 35.1 Å². The molecule has 48 heavy (non-hydrogen) atoms. The molecule has 2 aromatic carbocycles. The van der Waals surface area contributed by atoms with Gasteiger partial charge in [-0.05, 0) is 92.7 Å². The number of hydrogen-bond acceptors (Lipinski definition) is 6. The molecule has 3 amide bonds. The van der Waals surface area contributed by atoms with E-state index in [9.17, 15) is 14.4 Å². The molecule has 1 aliphatic carbocycles. The molecular formula is C37H44N8O3. The topological polar surface area (TPSA) is 117 Å². The number of benzene rings is 2. The minimum Gasteiger partial charge on any atom is -0.347 e. The van der Waals surface area contributed by atoms with Crippen LogP contribution in [0.15, 0.2) is 73.1 Å². The van der Waals surface area contributed by atoms with Gasteiger partial charge in [0.15, 0.2) is 0 Å². The molecule has 0 bridgehead atoms. The van der Waals surface area contributed by atoms with Crippen LogP contribution in [0.1, 0.15) is 86.2 Å². The molecule has 7 rings (SSSR count). The zero-order valence-corrected chi connectivity index (χ0v) is 27.7. The van der Waals surface area contributed by atoms with Crippen molar-refractivity contribution in [3.8, 4) is 0 Å². The van der Waals surface area contributed by atoms with E-state index < -0.39 is 0 Å². The molecule has 11 nitrogen and oxygen atoms in total. The summed E-state index contributed by atoms with van der Waals surface area (Å²) in [6, 6.07) is 19.9. The van der Waals surface area contributed by atoms with Gasteiger partial charge in [0.25, 0.3) is 17.7 Å². The fourth-order valence-corrected chi connectivity index (χ4v) is 7.36. The van der Waals surface area contributed by atoms with Crippen LogP contribution in [0.3, 0.4) is 0 Å². The number of piperidine rings is 1. The summed E-state index contributed by atoms with van der Waals surface area (Å²) in [5.74, 6) is -0.271. The Morgan fingerprint density at radius 1 is 0.896 bits per heavy atom. The van der Waals surface area contributed by atoms with Crippen molar-refractivity contribution in [2.24, 2.45) is 0 Å². The Hall–Kier alpha value is -4.74. The second-order valence-corrected chi connectivity index (χ2v) is 13.5. The van der Waals surface area contributed by atoms with Crippen molar-refractivity contribution in [1.29, 1.82) is 0 Å². The first-order valence-electron chi connectivity index (χ1n) is 17.0. The van der Waals surface area contributed by atoms with E-state index in [0.717, 1.165) is 70.4 Å². The van der Waals surface area contributed by atoms with Crippen LogP contribution in [-0.2, 0) is 25.2 Å². The number of aromatic nitrogens is 3. The molecule has 11 heteroatoms. The average molecular weight is 649 g/mol. The fraction of sp³-hybridized carbons (Fsp3) is 0.405. The number of nitrogens with zero attached hydrogens (tertiary/aromatic N) is 5. The molecule has 4 aromatic rings. The third-order valence-corrected chi connectivity index (χ3v) is 10.3. The zero-order chi connectivity index (χ0) is 33.3. The van der Waals surface area contributed by atoms with E-state index in [2.05, 4.69) is 48.7 Å². The number of amides is 3. The van der Waals surface area contributed by atoms with Gasteiger partial charge in [-0.1, -0.05) is 24.3 Å². The molecule has 2 aromatic heterocycles. The lowest BCUT2D eigenvalue weighted by molar-refractivity contribution is -0.0217. The minimum atomic E-state index is -0.188. The molecule has 1 spiro atoms. The van der Waals surface area contributed by atoms with Crippen LogP contribution < -0.4 is 16.0 Å². The molecule has 0 radical (unpaired) electrons. The summed E-state index contributed by atoms with van der Waals surface area (Å²) in [6.45, 7) is 4.72. The predicted octanol–water partition coefficient (Wildman–Crippen LogP) is 4.39. The maximum Gasteiger partial charge on any atom is 0.268 e. The second-order valence-electron chi connectivity index (χ2n) is 13.5. The maximum absolute atomic E-state index is 13.4. The fourth-order valence-electron chi connectivity index (χ4n) is 7.36. The SMILES string of the molecule is CN(C)C(=O)c1ccc(CN2CCn3c(C(=O)NCc4ccc(NC(=O)c5cnn(C6CCNCC6)c5)cc4)ccc3C23CCC3)cc1. The van der Waals surface area contributed by atoms with Crippen LogP contribution in [0.2, 0.25) is 0 Å². The third kappa shape index (κ3) is 6.27. The molecule has 0 unspecified atom stereocenters. The van der Waals surface area contributed by atoms with Gasteiger partial charge in [0, 0.05) is 63.4 Å². The summed E-state index contributed by atoms with van der Waals surface area (Å²) < 4.78 is 4.11. The molecule has 2 fully saturated rings. The first kappa shape index (κ1) is 31.8. The van der Waals surface area contributed by atoms with Crippen LogP contribution in [0, 0.1) is 0 Å². The third-order valence-electron chi connectivity index (χ3n) is 10.3. The molecule has 3 N–H and O–H groups in total. The molecule has 4 heterocycles. The predicted molar refractivity (Wildman–Crippen MR) is 184 cm³/mol. The lowest BCUT2D eigenvalue weighted by Gasteiger charge is -2.53. The minimum absolute atomic E-state index is 0.00653. The summed E-state index contributed by atoms with van der Waals surface area (Å²) in [5, 5.41) is 13.8. The summed E-state index contributed by atoms with van der Waals surface area (Å²) in [6.07, 6.45) is 8.77. The standard InChI is InChI=1S/C37H44N8O3/c1-42(2)36(48)28-8-4-27(5-9-28)24-43-20-21-44-32(12-13-33(44)37(43)16-3-17-37)35(47)39-22-26-6-10-30(11-7-26)41-34(46)29-23-40-45(25-29)31-14-18-38-19-15-31/h4-13,23,25,31,38H,3,14-22,24H2,1-2H3,(H,39,47)(H,41,46). The highest BCUT2D eigenvalue weighted by Gasteiger charge is 2.48. The molecule has 1 saturated carbocycles. The van der Waals surface area contributed by atoms with Gasteiger partial charge >= 0.3 is 0 Å². The molecular weight excluding hydrogens is 604 g/mol. The molecule has 250 valence electrons.